The largest absolute Gasteiger partial charge is 0.484 e. The number of pyridine rings is 1. The van der Waals surface area contributed by atoms with Crippen molar-refractivity contribution in [3.63, 3.8) is 0 Å². The van der Waals surface area contributed by atoms with E-state index in [9.17, 15) is 4.79 Å². The van der Waals surface area contributed by atoms with Gasteiger partial charge in [-0.05, 0) is 30.7 Å². The van der Waals surface area contributed by atoms with Crippen molar-refractivity contribution >= 4 is 12.0 Å². The van der Waals surface area contributed by atoms with Gasteiger partial charge in [-0.1, -0.05) is 30.3 Å². The molecule has 5 nitrogen and oxygen atoms in total. The van der Waals surface area contributed by atoms with Crippen LogP contribution in [-0.2, 0) is 11.4 Å². The number of aliphatic hydroxyl groups excluding tert-OH is 1. The number of rotatable bonds is 6. The molecule has 1 aromatic carbocycles. The smallest absolute Gasteiger partial charge is 0.328 e. The molecule has 0 radical (unpaired) electrons. The normalized spacial score (nSPS) is 12.3. The predicted octanol–water partition coefficient (Wildman–Crippen LogP) is 2.81. The zero-order chi connectivity index (χ0) is 15.9. The van der Waals surface area contributed by atoms with E-state index in [1.165, 1.54) is 6.08 Å². The summed E-state index contributed by atoms with van der Waals surface area (Å²) in [6.07, 6.45) is 2.14. The Bertz CT molecular complexity index is 668. The summed E-state index contributed by atoms with van der Waals surface area (Å²) in [6, 6.07) is 13.0. The SMILES string of the molecule is CC(Oc1ccc(CO)nc1C=CC(=O)O)c1ccccc1. The third kappa shape index (κ3) is 4.17. The highest BCUT2D eigenvalue weighted by Gasteiger charge is 2.11. The van der Waals surface area contributed by atoms with E-state index in [4.69, 9.17) is 14.9 Å². The van der Waals surface area contributed by atoms with Gasteiger partial charge in [0.1, 0.15) is 17.5 Å². The number of benzene rings is 1. The molecular weight excluding hydrogens is 282 g/mol. The number of carboxylic acid groups (broad SMARTS) is 1. The Balaban J connectivity index is 2.27. The molecule has 0 fully saturated rings. The third-order valence-electron chi connectivity index (χ3n) is 3.06. The summed E-state index contributed by atoms with van der Waals surface area (Å²) in [6.45, 7) is 1.68. The summed E-state index contributed by atoms with van der Waals surface area (Å²) < 4.78 is 5.88. The maximum Gasteiger partial charge on any atom is 0.328 e. The van der Waals surface area contributed by atoms with Crippen LogP contribution in [0.15, 0.2) is 48.5 Å². The van der Waals surface area contributed by atoms with Gasteiger partial charge in [0.2, 0.25) is 0 Å². The van der Waals surface area contributed by atoms with Crippen LogP contribution in [0, 0.1) is 0 Å². The van der Waals surface area contributed by atoms with Crippen LogP contribution in [0.1, 0.15) is 30.0 Å². The molecule has 1 unspecified atom stereocenters. The van der Waals surface area contributed by atoms with Gasteiger partial charge in [-0.25, -0.2) is 9.78 Å². The number of aliphatic carboxylic acids is 1. The summed E-state index contributed by atoms with van der Waals surface area (Å²) in [5, 5.41) is 17.9. The zero-order valence-electron chi connectivity index (χ0n) is 12.1. The van der Waals surface area contributed by atoms with Crippen LogP contribution in [0.4, 0.5) is 0 Å². The van der Waals surface area contributed by atoms with Crippen molar-refractivity contribution in [1.82, 2.24) is 4.98 Å². The summed E-state index contributed by atoms with van der Waals surface area (Å²) in [5.41, 5.74) is 1.82. The Kier molecular flexibility index (Phi) is 5.27. The lowest BCUT2D eigenvalue weighted by molar-refractivity contribution is -0.131. The molecule has 1 atom stereocenters. The fourth-order valence-electron chi connectivity index (χ4n) is 1.94. The molecule has 114 valence electrons. The molecule has 2 N–H and O–H groups in total. The predicted molar refractivity (Wildman–Crippen MR) is 82.3 cm³/mol. The minimum atomic E-state index is -1.07. The number of hydrogen-bond acceptors (Lipinski definition) is 4. The second kappa shape index (κ2) is 7.38. The lowest BCUT2D eigenvalue weighted by atomic mass is 10.1. The molecule has 2 rings (SSSR count). The molecule has 1 heterocycles. The topological polar surface area (TPSA) is 79.7 Å². The first kappa shape index (κ1) is 15.7. The van der Waals surface area contributed by atoms with Gasteiger partial charge in [-0.15, -0.1) is 0 Å². The minimum absolute atomic E-state index is 0.208. The molecule has 0 saturated carbocycles. The van der Waals surface area contributed by atoms with E-state index in [-0.39, 0.29) is 12.7 Å². The van der Waals surface area contributed by atoms with Crippen molar-refractivity contribution in [3.8, 4) is 5.75 Å². The highest BCUT2D eigenvalue weighted by molar-refractivity contribution is 5.85. The Labute approximate surface area is 128 Å². The maximum atomic E-state index is 10.7. The first-order valence-corrected chi connectivity index (χ1v) is 6.83. The van der Waals surface area contributed by atoms with Crippen molar-refractivity contribution in [3.05, 3.63) is 65.5 Å². The van der Waals surface area contributed by atoms with E-state index in [1.807, 2.05) is 37.3 Å². The molecule has 0 aliphatic carbocycles. The zero-order valence-corrected chi connectivity index (χ0v) is 12.1. The molecular formula is C17H17NO4. The van der Waals surface area contributed by atoms with Crippen LogP contribution < -0.4 is 4.74 Å². The first-order chi connectivity index (χ1) is 10.6. The number of nitrogens with zero attached hydrogens (tertiary/aromatic N) is 1. The quantitative estimate of drug-likeness (QED) is 0.802. The van der Waals surface area contributed by atoms with Gasteiger partial charge in [0.05, 0.1) is 12.3 Å². The fourth-order valence-corrected chi connectivity index (χ4v) is 1.94. The number of hydrogen-bond donors (Lipinski definition) is 2. The molecule has 5 heteroatoms. The van der Waals surface area contributed by atoms with Crippen LogP contribution >= 0.6 is 0 Å². The van der Waals surface area contributed by atoms with Gasteiger partial charge >= 0.3 is 5.97 Å². The third-order valence-corrected chi connectivity index (χ3v) is 3.06. The number of aromatic nitrogens is 1. The Morgan fingerprint density at radius 1 is 1.27 bits per heavy atom. The van der Waals surface area contributed by atoms with Crippen LogP contribution in [0.2, 0.25) is 0 Å². The molecule has 2 aromatic rings. The van der Waals surface area contributed by atoms with Gasteiger partial charge in [0.25, 0.3) is 0 Å². The highest BCUT2D eigenvalue weighted by atomic mass is 16.5. The van der Waals surface area contributed by atoms with Crippen LogP contribution in [0.25, 0.3) is 6.08 Å². The van der Waals surface area contributed by atoms with Crippen LogP contribution in [-0.4, -0.2) is 21.2 Å². The second-order valence-corrected chi connectivity index (χ2v) is 4.69. The monoisotopic (exact) mass is 299 g/mol. The van der Waals surface area contributed by atoms with E-state index < -0.39 is 5.97 Å². The molecule has 0 aliphatic heterocycles. The van der Waals surface area contributed by atoms with Gasteiger partial charge in [0, 0.05) is 6.08 Å². The molecule has 0 saturated heterocycles. The van der Waals surface area contributed by atoms with Gasteiger partial charge in [-0.2, -0.15) is 0 Å². The number of carbonyl (C=O) groups is 1. The van der Waals surface area contributed by atoms with E-state index in [0.29, 0.717) is 17.1 Å². The molecule has 0 spiro atoms. The van der Waals surface area contributed by atoms with Gasteiger partial charge in [0.15, 0.2) is 0 Å². The second-order valence-electron chi connectivity index (χ2n) is 4.69. The van der Waals surface area contributed by atoms with Crippen LogP contribution in [0.3, 0.4) is 0 Å². The molecule has 0 bridgehead atoms. The fraction of sp³-hybridized carbons (Fsp3) is 0.176. The number of aliphatic hydroxyl groups is 1. The van der Waals surface area contributed by atoms with E-state index >= 15 is 0 Å². The van der Waals surface area contributed by atoms with E-state index in [1.54, 1.807) is 12.1 Å². The summed E-state index contributed by atoms with van der Waals surface area (Å²) in [5.74, 6) is -0.607. The highest BCUT2D eigenvalue weighted by Crippen LogP contribution is 2.25. The average molecular weight is 299 g/mol. The molecule has 0 amide bonds. The van der Waals surface area contributed by atoms with Crippen molar-refractivity contribution in [2.75, 3.05) is 0 Å². The van der Waals surface area contributed by atoms with Gasteiger partial charge in [-0.3, -0.25) is 0 Å². The Hall–Kier alpha value is -2.66. The lowest BCUT2D eigenvalue weighted by Gasteiger charge is -2.16. The molecule has 0 aliphatic rings. The van der Waals surface area contributed by atoms with Crippen molar-refractivity contribution < 1.29 is 19.7 Å². The Morgan fingerprint density at radius 3 is 2.64 bits per heavy atom. The van der Waals surface area contributed by atoms with E-state index in [2.05, 4.69) is 4.98 Å². The summed E-state index contributed by atoms with van der Waals surface area (Å²) >= 11 is 0. The first-order valence-electron chi connectivity index (χ1n) is 6.83. The van der Waals surface area contributed by atoms with Crippen LogP contribution in [0.5, 0.6) is 5.75 Å². The standard InChI is InChI=1S/C17H17NO4/c1-12(13-5-3-2-4-6-13)22-16-9-7-14(11-19)18-15(16)8-10-17(20)21/h2-10,12,19H,11H2,1H3,(H,20,21). The average Bonchev–Trinajstić information content (AvgIpc) is 2.54. The summed E-state index contributed by atoms with van der Waals surface area (Å²) in [7, 11) is 0. The minimum Gasteiger partial charge on any atom is -0.484 e. The van der Waals surface area contributed by atoms with Crippen molar-refractivity contribution in [2.45, 2.75) is 19.6 Å². The van der Waals surface area contributed by atoms with Crippen molar-refractivity contribution in [1.29, 1.82) is 0 Å². The maximum absolute atomic E-state index is 10.7. The molecule has 1 aromatic heterocycles. The lowest BCUT2D eigenvalue weighted by Crippen LogP contribution is -2.05. The van der Waals surface area contributed by atoms with Gasteiger partial charge < -0.3 is 14.9 Å². The number of carboxylic acids is 1. The Morgan fingerprint density at radius 2 is 2.00 bits per heavy atom. The molecule has 22 heavy (non-hydrogen) atoms. The summed E-state index contributed by atoms with van der Waals surface area (Å²) in [4.78, 5) is 14.9. The number of ether oxygens (including phenoxy) is 1. The van der Waals surface area contributed by atoms with E-state index in [0.717, 1.165) is 11.6 Å². The van der Waals surface area contributed by atoms with Crippen molar-refractivity contribution in [2.24, 2.45) is 0 Å².